The van der Waals surface area contributed by atoms with Crippen LogP contribution in [-0.4, -0.2) is 55.9 Å². The molecule has 2 amide bonds. The van der Waals surface area contributed by atoms with E-state index in [4.69, 9.17) is 4.42 Å². The van der Waals surface area contributed by atoms with Gasteiger partial charge in [0.1, 0.15) is 0 Å². The van der Waals surface area contributed by atoms with Crippen LogP contribution in [0.4, 0.5) is 22.0 Å². The third kappa shape index (κ3) is 4.24. The molecule has 2 aliphatic rings. The molecule has 0 unspecified atom stereocenters. The fourth-order valence-corrected chi connectivity index (χ4v) is 4.25. The van der Waals surface area contributed by atoms with E-state index in [1.165, 1.54) is 11.0 Å². The Hall–Kier alpha value is -3.09. The summed E-state index contributed by atoms with van der Waals surface area (Å²) in [6, 6.07) is 3.22. The minimum absolute atomic E-state index is 0.160. The predicted molar refractivity (Wildman–Crippen MR) is 105 cm³/mol. The van der Waals surface area contributed by atoms with E-state index < -0.39 is 48.0 Å². The number of aliphatic hydroxyl groups is 1. The van der Waals surface area contributed by atoms with Crippen LogP contribution in [0.15, 0.2) is 22.6 Å². The van der Waals surface area contributed by atoms with Crippen molar-refractivity contribution in [3.05, 3.63) is 35.2 Å². The molecule has 1 aliphatic heterocycles. The van der Waals surface area contributed by atoms with Gasteiger partial charge in [-0.05, 0) is 37.5 Å². The van der Waals surface area contributed by atoms with Crippen LogP contribution in [0.25, 0.3) is 11.5 Å². The van der Waals surface area contributed by atoms with Crippen molar-refractivity contribution >= 4 is 11.8 Å². The number of carbonyl (C=O) groups is 2. The minimum atomic E-state index is -5.16. The van der Waals surface area contributed by atoms with E-state index in [-0.39, 0.29) is 23.6 Å². The number of hydrogen-bond acceptors (Lipinski definition) is 6. The highest BCUT2D eigenvalue weighted by Gasteiger charge is 2.56. The average molecular weight is 488 g/mol. The Morgan fingerprint density at radius 2 is 1.94 bits per heavy atom. The zero-order chi connectivity index (χ0) is 24.8. The van der Waals surface area contributed by atoms with Crippen LogP contribution >= 0.6 is 0 Å². The Morgan fingerprint density at radius 1 is 1.24 bits per heavy atom. The third-order valence-electron chi connectivity index (χ3n) is 6.26. The highest BCUT2D eigenvalue weighted by Crippen LogP contribution is 2.35. The van der Waals surface area contributed by atoms with Crippen molar-refractivity contribution in [2.45, 2.75) is 69.4 Å². The lowest BCUT2D eigenvalue weighted by Crippen LogP contribution is -2.61. The van der Waals surface area contributed by atoms with Crippen molar-refractivity contribution in [2.75, 3.05) is 0 Å². The van der Waals surface area contributed by atoms with E-state index in [9.17, 15) is 36.6 Å². The summed E-state index contributed by atoms with van der Waals surface area (Å²) in [5, 5.41) is 18.8. The minimum Gasteiger partial charge on any atom is -0.415 e. The Balaban J connectivity index is 1.54. The van der Waals surface area contributed by atoms with Gasteiger partial charge in [-0.2, -0.15) is 22.0 Å². The van der Waals surface area contributed by atoms with E-state index in [1.807, 2.05) is 0 Å². The maximum Gasteiger partial charge on any atom is 0.426 e. The second kappa shape index (κ2) is 8.60. The van der Waals surface area contributed by atoms with Crippen LogP contribution in [0.2, 0.25) is 0 Å². The standard InChI is InChI=1S/C21H21F5N4O4/c1-20(33,21(24,25)26)19(32)27-13-4-2-3-5-14(13)30-9-11-7-6-10(8-12(11)18(30)31)16-28-29-17(34-16)15(22)23/h6-8,13-15,33H,2-5,9H2,1H3,(H,27,32)/t13-,14-,20-/m1/s1. The molecule has 184 valence electrons. The number of rotatable bonds is 5. The van der Waals surface area contributed by atoms with E-state index >= 15 is 0 Å². The fourth-order valence-electron chi connectivity index (χ4n) is 4.25. The van der Waals surface area contributed by atoms with Gasteiger partial charge in [-0.1, -0.05) is 18.9 Å². The number of hydrogen-bond donors (Lipinski definition) is 2. The van der Waals surface area contributed by atoms with Crippen LogP contribution < -0.4 is 5.32 Å². The molecule has 1 aromatic carbocycles. The number of alkyl halides is 5. The fraction of sp³-hybridized carbons (Fsp3) is 0.524. The maximum atomic E-state index is 13.2. The Labute approximate surface area is 190 Å². The van der Waals surface area contributed by atoms with Crippen LogP contribution in [0.5, 0.6) is 0 Å². The number of fused-ring (bicyclic) bond motifs is 1. The zero-order valence-electron chi connectivity index (χ0n) is 17.9. The van der Waals surface area contributed by atoms with E-state index in [0.717, 1.165) is 0 Å². The molecule has 2 N–H and O–H groups in total. The lowest BCUT2D eigenvalue weighted by Gasteiger charge is -2.39. The molecule has 4 rings (SSSR count). The summed E-state index contributed by atoms with van der Waals surface area (Å²) in [5.41, 5.74) is -2.40. The van der Waals surface area contributed by atoms with Gasteiger partial charge in [0.25, 0.3) is 17.7 Å². The van der Waals surface area contributed by atoms with Crippen molar-refractivity contribution in [1.82, 2.24) is 20.4 Å². The molecule has 0 saturated heterocycles. The van der Waals surface area contributed by atoms with Crippen LogP contribution in [0.3, 0.4) is 0 Å². The number of nitrogens with one attached hydrogen (secondary N) is 1. The molecule has 1 saturated carbocycles. The number of benzene rings is 1. The highest BCUT2D eigenvalue weighted by atomic mass is 19.4. The first-order valence-corrected chi connectivity index (χ1v) is 10.6. The van der Waals surface area contributed by atoms with Gasteiger partial charge in [-0.15, -0.1) is 10.2 Å². The Bertz CT molecular complexity index is 1100. The monoisotopic (exact) mass is 488 g/mol. The first-order valence-electron chi connectivity index (χ1n) is 10.6. The molecule has 1 aliphatic carbocycles. The quantitative estimate of drug-likeness (QED) is 0.625. The molecule has 0 spiro atoms. The molecular formula is C21H21F5N4O4. The number of amides is 2. The van der Waals surface area contributed by atoms with Gasteiger partial charge in [0.15, 0.2) is 0 Å². The van der Waals surface area contributed by atoms with E-state index in [0.29, 0.717) is 38.2 Å². The second-order valence-corrected chi connectivity index (χ2v) is 8.55. The molecule has 2 heterocycles. The molecule has 1 aromatic heterocycles. The first-order chi connectivity index (χ1) is 15.9. The largest absolute Gasteiger partial charge is 0.426 e. The van der Waals surface area contributed by atoms with Crippen molar-refractivity contribution in [1.29, 1.82) is 0 Å². The molecule has 13 heteroatoms. The van der Waals surface area contributed by atoms with Gasteiger partial charge < -0.3 is 19.7 Å². The Kier molecular flexibility index (Phi) is 6.08. The lowest BCUT2D eigenvalue weighted by atomic mass is 9.88. The number of carbonyl (C=O) groups excluding carboxylic acids is 2. The summed E-state index contributed by atoms with van der Waals surface area (Å²) < 4.78 is 69.6. The van der Waals surface area contributed by atoms with Gasteiger partial charge in [-0.3, -0.25) is 9.59 Å². The Morgan fingerprint density at radius 3 is 2.59 bits per heavy atom. The van der Waals surface area contributed by atoms with Crippen molar-refractivity contribution in [2.24, 2.45) is 0 Å². The summed E-state index contributed by atoms with van der Waals surface area (Å²) in [5.74, 6) is -3.02. The molecule has 1 fully saturated rings. The molecular weight excluding hydrogens is 467 g/mol. The van der Waals surface area contributed by atoms with Crippen LogP contribution in [0.1, 0.15) is 60.8 Å². The molecule has 0 bridgehead atoms. The summed E-state index contributed by atoms with van der Waals surface area (Å²) >= 11 is 0. The smallest absolute Gasteiger partial charge is 0.415 e. The maximum absolute atomic E-state index is 13.2. The zero-order valence-corrected chi connectivity index (χ0v) is 17.9. The molecule has 3 atom stereocenters. The van der Waals surface area contributed by atoms with Crippen molar-refractivity contribution in [3.63, 3.8) is 0 Å². The second-order valence-electron chi connectivity index (χ2n) is 8.55. The first kappa shape index (κ1) is 24.0. The SMILES string of the molecule is C[C@@](O)(C(=O)N[C@@H]1CCCC[C@H]1N1Cc2ccc(-c3nnc(C(F)F)o3)cc2C1=O)C(F)(F)F. The normalized spacial score (nSPS) is 22.6. The number of nitrogens with zero attached hydrogens (tertiary/aromatic N) is 3. The molecule has 0 radical (unpaired) electrons. The number of halogens is 5. The lowest BCUT2D eigenvalue weighted by molar-refractivity contribution is -0.245. The highest BCUT2D eigenvalue weighted by molar-refractivity contribution is 5.99. The van der Waals surface area contributed by atoms with Crippen molar-refractivity contribution in [3.8, 4) is 11.5 Å². The van der Waals surface area contributed by atoms with Crippen LogP contribution in [0, 0.1) is 0 Å². The molecule has 8 nitrogen and oxygen atoms in total. The van der Waals surface area contributed by atoms with Gasteiger partial charge in [0.2, 0.25) is 11.5 Å². The predicted octanol–water partition coefficient (Wildman–Crippen LogP) is 3.37. The van der Waals surface area contributed by atoms with Gasteiger partial charge in [0.05, 0.1) is 6.04 Å². The van der Waals surface area contributed by atoms with Crippen LogP contribution in [-0.2, 0) is 11.3 Å². The van der Waals surface area contributed by atoms with E-state index in [1.54, 1.807) is 12.1 Å². The van der Waals surface area contributed by atoms with Gasteiger partial charge in [0, 0.05) is 23.7 Å². The third-order valence-corrected chi connectivity index (χ3v) is 6.26. The summed E-state index contributed by atoms with van der Waals surface area (Å²) in [7, 11) is 0. The van der Waals surface area contributed by atoms with E-state index in [2.05, 4.69) is 15.5 Å². The van der Waals surface area contributed by atoms with Gasteiger partial charge >= 0.3 is 12.6 Å². The molecule has 2 aromatic rings. The summed E-state index contributed by atoms with van der Waals surface area (Å²) in [6.45, 7) is 0.544. The summed E-state index contributed by atoms with van der Waals surface area (Å²) in [6.07, 6.45) is -5.96. The summed E-state index contributed by atoms with van der Waals surface area (Å²) in [4.78, 5) is 26.9. The average Bonchev–Trinajstić information content (AvgIpc) is 3.39. The topological polar surface area (TPSA) is 109 Å². The van der Waals surface area contributed by atoms with Gasteiger partial charge in [-0.25, -0.2) is 0 Å². The molecule has 34 heavy (non-hydrogen) atoms. The number of aromatic nitrogens is 2. The van der Waals surface area contributed by atoms with Crippen molar-refractivity contribution < 1.29 is 41.1 Å².